The second-order valence-electron chi connectivity index (χ2n) is 5.90. The number of unbranched alkanes of at least 4 members (excludes halogenated alkanes) is 7. The number of aliphatic imine (C=N–C) groups is 1. The van der Waals surface area contributed by atoms with Gasteiger partial charge in [-0.15, -0.1) is 0 Å². The zero-order valence-electron chi connectivity index (χ0n) is 15.2. The molecule has 0 atom stereocenters. The minimum absolute atomic E-state index is 0.191. The molecule has 0 radical (unpaired) electrons. The van der Waals surface area contributed by atoms with E-state index in [-0.39, 0.29) is 5.96 Å². The van der Waals surface area contributed by atoms with Crippen LogP contribution in [0, 0.1) is 11.5 Å². The van der Waals surface area contributed by atoms with Gasteiger partial charge in [-0.25, -0.2) is 14.9 Å². The lowest BCUT2D eigenvalue weighted by Gasteiger charge is -2.14. The standard InChI is InChI=1S/C18H30N6O/c1-25-17-11-10-16(14-22-17)23-18(21)24(15-20)13-9-7-5-3-2-4-6-8-12-19/h10-11,14H,2-9,12-13,19H2,1H3,(H2,21,23). The van der Waals surface area contributed by atoms with Gasteiger partial charge in [-0.05, 0) is 25.5 Å². The van der Waals surface area contributed by atoms with E-state index in [4.69, 9.17) is 16.2 Å². The first-order chi connectivity index (χ1) is 12.2. The zero-order chi connectivity index (χ0) is 18.3. The monoisotopic (exact) mass is 346 g/mol. The molecule has 0 aliphatic rings. The molecule has 0 aliphatic heterocycles. The Hall–Kier alpha value is -2.33. The average Bonchev–Trinajstić information content (AvgIpc) is 2.64. The van der Waals surface area contributed by atoms with Crippen LogP contribution in [0.1, 0.15) is 51.4 Å². The maximum Gasteiger partial charge on any atom is 0.213 e. The number of nitriles is 1. The van der Waals surface area contributed by atoms with Crippen molar-refractivity contribution in [2.45, 2.75) is 51.4 Å². The predicted octanol–water partition coefficient (Wildman–Crippen LogP) is 2.90. The predicted molar refractivity (Wildman–Crippen MR) is 100 cm³/mol. The Morgan fingerprint density at radius 2 is 1.80 bits per heavy atom. The van der Waals surface area contributed by atoms with Crippen molar-refractivity contribution < 1.29 is 4.74 Å². The van der Waals surface area contributed by atoms with Crippen LogP contribution >= 0.6 is 0 Å². The molecule has 1 heterocycles. The van der Waals surface area contributed by atoms with Gasteiger partial charge >= 0.3 is 0 Å². The fourth-order valence-electron chi connectivity index (χ4n) is 2.44. The molecule has 7 heteroatoms. The lowest BCUT2D eigenvalue weighted by Crippen LogP contribution is -2.34. The third kappa shape index (κ3) is 8.91. The normalized spacial score (nSPS) is 11.2. The number of methoxy groups -OCH3 is 1. The van der Waals surface area contributed by atoms with Gasteiger partial charge in [0.2, 0.25) is 11.8 Å². The van der Waals surface area contributed by atoms with E-state index >= 15 is 0 Å². The highest BCUT2D eigenvalue weighted by Crippen LogP contribution is 2.14. The summed E-state index contributed by atoms with van der Waals surface area (Å²) in [5, 5.41) is 9.25. The van der Waals surface area contributed by atoms with Gasteiger partial charge < -0.3 is 16.2 Å². The fraction of sp³-hybridized carbons (Fsp3) is 0.611. The molecule has 0 saturated heterocycles. The molecule has 138 valence electrons. The van der Waals surface area contributed by atoms with Gasteiger partial charge in [0.1, 0.15) is 0 Å². The second-order valence-corrected chi connectivity index (χ2v) is 5.90. The van der Waals surface area contributed by atoms with Gasteiger partial charge in [-0.1, -0.05) is 38.5 Å². The Morgan fingerprint density at radius 3 is 2.32 bits per heavy atom. The smallest absolute Gasteiger partial charge is 0.213 e. The average molecular weight is 346 g/mol. The summed E-state index contributed by atoms with van der Waals surface area (Å²) in [7, 11) is 1.55. The molecule has 1 aromatic heterocycles. The summed E-state index contributed by atoms with van der Waals surface area (Å²) in [5.41, 5.74) is 12.0. The summed E-state index contributed by atoms with van der Waals surface area (Å²) in [6.07, 6.45) is 13.0. The van der Waals surface area contributed by atoms with Crippen LogP contribution in [0.4, 0.5) is 5.69 Å². The molecule has 0 aromatic carbocycles. The highest BCUT2D eigenvalue weighted by molar-refractivity contribution is 5.82. The molecule has 1 aromatic rings. The number of nitrogens with two attached hydrogens (primary N) is 2. The van der Waals surface area contributed by atoms with Crippen molar-refractivity contribution in [2.24, 2.45) is 16.5 Å². The largest absolute Gasteiger partial charge is 0.481 e. The molecular formula is C18H30N6O. The first-order valence-electron chi connectivity index (χ1n) is 8.92. The summed E-state index contributed by atoms with van der Waals surface area (Å²) in [5.74, 6) is 0.703. The second kappa shape index (κ2) is 13.0. The van der Waals surface area contributed by atoms with Gasteiger partial charge in [0, 0.05) is 12.6 Å². The Bertz CT molecular complexity index is 537. The highest BCUT2D eigenvalue weighted by atomic mass is 16.5. The number of hydrogen-bond acceptors (Lipinski definition) is 5. The summed E-state index contributed by atoms with van der Waals surface area (Å²) in [6.45, 7) is 1.38. The molecule has 7 nitrogen and oxygen atoms in total. The number of aromatic nitrogens is 1. The number of pyridine rings is 1. The van der Waals surface area contributed by atoms with Crippen molar-refractivity contribution in [1.29, 1.82) is 5.26 Å². The quantitative estimate of drug-likeness (QED) is 0.198. The molecule has 0 unspecified atom stereocenters. The highest BCUT2D eigenvalue weighted by Gasteiger charge is 2.07. The van der Waals surface area contributed by atoms with Crippen LogP contribution in [0.5, 0.6) is 5.88 Å². The van der Waals surface area contributed by atoms with E-state index in [0.717, 1.165) is 25.8 Å². The van der Waals surface area contributed by atoms with Crippen molar-refractivity contribution in [1.82, 2.24) is 9.88 Å². The van der Waals surface area contributed by atoms with Crippen LogP contribution in [-0.2, 0) is 0 Å². The Balaban J connectivity index is 2.28. The number of nitrogens with zero attached hydrogens (tertiary/aromatic N) is 4. The summed E-state index contributed by atoms with van der Waals surface area (Å²) < 4.78 is 5.00. The maximum absolute atomic E-state index is 9.25. The van der Waals surface area contributed by atoms with Crippen LogP contribution in [0.15, 0.2) is 23.3 Å². The van der Waals surface area contributed by atoms with Crippen molar-refractivity contribution >= 4 is 11.6 Å². The number of ether oxygens (including phenoxy) is 1. The SMILES string of the molecule is COc1ccc(N=C(N)N(C#N)CCCCCCCCCCN)cn1. The van der Waals surface area contributed by atoms with E-state index in [9.17, 15) is 5.26 Å². The number of guanidine groups is 1. The molecule has 0 amide bonds. The Morgan fingerprint density at radius 1 is 1.16 bits per heavy atom. The van der Waals surface area contributed by atoms with Crippen LogP contribution < -0.4 is 16.2 Å². The summed E-state index contributed by atoms with van der Waals surface area (Å²) >= 11 is 0. The molecule has 0 aliphatic carbocycles. The third-order valence-electron chi connectivity index (χ3n) is 3.91. The molecule has 4 N–H and O–H groups in total. The van der Waals surface area contributed by atoms with Crippen LogP contribution in [0.2, 0.25) is 0 Å². The minimum Gasteiger partial charge on any atom is -0.481 e. The fourth-order valence-corrected chi connectivity index (χ4v) is 2.44. The maximum atomic E-state index is 9.25. The van der Waals surface area contributed by atoms with Gasteiger partial charge in [0.15, 0.2) is 6.19 Å². The molecule has 1 rings (SSSR count). The lowest BCUT2D eigenvalue weighted by molar-refractivity contribution is 0.398. The van der Waals surface area contributed by atoms with Crippen molar-refractivity contribution in [3.05, 3.63) is 18.3 Å². The van der Waals surface area contributed by atoms with E-state index in [1.165, 1.54) is 37.0 Å². The molecule has 0 saturated carbocycles. The molecule has 0 fully saturated rings. The van der Waals surface area contributed by atoms with Crippen LogP contribution in [-0.4, -0.2) is 36.0 Å². The zero-order valence-corrected chi connectivity index (χ0v) is 15.2. The first-order valence-corrected chi connectivity index (χ1v) is 8.92. The van der Waals surface area contributed by atoms with Crippen molar-refractivity contribution in [3.63, 3.8) is 0 Å². The Labute approximate surface area is 150 Å². The topological polar surface area (TPSA) is 114 Å². The van der Waals surface area contributed by atoms with Gasteiger partial charge in [0.05, 0.1) is 19.0 Å². The van der Waals surface area contributed by atoms with Crippen LogP contribution in [0.25, 0.3) is 0 Å². The number of rotatable bonds is 12. The third-order valence-corrected chi connectivity index (χ3v) is 3.91. The molecular weight excluding hydrogens is 316 g/mol. The van der Waals surface area contributed by atoms with Crippen molar-refractivity contribution in [3.8, 4) is 12.1 Å². The van der Waals surface area contributed by atoms with E-state index in [2.05, 4.69) is 16.2 Å². The van der Waals surface area contributed by atoms with Gasteiger partial charge in [-0.3, -0.25) is 0 Å². The van der Waals surface area contributed by atoms with E-state index in [1.807, 2.05) is 0 Å². The number of hydrogen-bond donors (Lipinski definition) is 2. The lowest BCUT2D eigenvalue weighted by atomic mass is 10.1. The van der Waals surface area contributed by atoms with E-state index in [1.54, 1.807) is 25.4 Å². The summed E-state index contributed by atoms with van der Waals surface area (Å²) in [6, 6.07) is 3.45. The summed E-state index contributed by atoms with van der Waals surface area (Å²) in [4.78, 5) is 9.72. The Kier molecular flexibility index (Phi) is 10.8. The minimum atomic E-state index is 0.191. The van der Waals surface area contributed by atoms with Crippen molar-refractivity contribution in [2.75, 3.05) is 20.2 Å². The van der Waals surface area contributed by atoms with E-state index in [0.29, 0.717) is 18.1 Å². The van der Waals surface area contributed by atoms with E-state index < -0.39 is 0 Å². The molecule has 25 heavy (non-hydrogen) atoms. The molecule has 0 bridgehead atoms. The van der Waals surface area contributed by atoms with Gasteiger partial charge in [0.25, 0.3) is 0 Å². The first kappa shape index (κ1) is 20.7. The van der Waals surface area contributed by atoms with Gasteiger partial charge in [-0.2, -0.15) is 5.26 Å². The molecule has 0 spiro atoms. The van der Waals surface area contributed by atoms with Crippen LogP contribution in [0.3, 0.4) is 0 Å².